The van der Waals surface area contributed by atoms with Gasteiger partial charge in [-0.05, 0) is 44.7 Å². The average molecular weight is 305 g/mol. The van der Waals surface area contributed by atoms with Crippen LogP contribution in [0.25, 0.3) is 11.5 Å². The lowest BCUT2D eigenvalue weighted by atomic mass is 10.1. The van der Waals surface area contributed by atoms with Gasteiger partial charge in [0.05, 0.1) is 19.3 Å². The maximum Gasteiger partial charge on any atom is 0.247 e. The van der Waals surface area contributed by atoms with Crippen molar-refractivity contribution in [2.24, 2.45) is 0 Å². The van der Waals surface area contributed by atoms with E-state index in [-0.39, 0.29) is 0 Å². The summed E-state index contributed by atoms with van der Waals surface area (Å²) < 4.78 is 10.8. The normalized spacial score (nSPS) is 11.9. The molecule has 1 heterocycles. The highest BCUT2D eigenvalue weighted by atomic mass is 16.5. The quantitative estimate of drug-likeness (QED) is 0.846. The molecule has 2 aromatic rings. The van der Waals surface area contributed by atoms with Gasteiger partial charge in [-0.2, -0.15) is 0 Å². The standard InChI is InChI=1S/C16H23N3O3/c1-5-19(11-16(2,3)20)10-14-17-18-15(22-14)12-6-8-13(21-4)9-7-12/h6-9,20H,5,10-11H2,1-4H3. The lowest BCUT2D eigenvalue weighted by Crippen LogP contribution is -2.38. The van der Waals surface area contributed by atoms with E-state index in [4.69, 9.17) is 9.15 Å². The first-order valence-corrected chi connectivity index (χ1v) is 7.33. The van der Waals surface area contributed by atoms with Crippen LogP contribution in [0.4, 0.5) is 0 Å². The number of benzene rings is 1. The molecule has 0 spiro atoms. The molecule has 0 aliphatic carbocycles. The van der Waals surface area contributed by atoms with Crippen molar-refractivity contribution in [1.29, 1.82) is 0 Å². The maximum atomic E-state index is 9.91. The Morgan fingerprint density at radius 1 is 1.23 bits per heavy atom. The molecule has 1 N–H and O–H groups in total. The first-order chi connectivity index (χ1) is 10.4. The summed E-state index contributed by atoms with van der Waals surface area (Å²) in [4.78, 5) is 2.06. The van der Waals surface area contributed by atoms with Gasteiger partial charge in [-0.25, -0.2) is 0 Å². The van der Waals surface area contributed by atoms with Gasteiger partial charge in [0.15, 0.2) is 0 Å². The van der Waals surface area contributed by atoms with Gasteiger partial charge in [-0.1, -0.05) is 6.92 Å². The molecule has 1 aromatic carbocycles. The van der Waals surface area contributed by atoms with Gasteiger partial charge in [0, 0.05) is 12.1 Å². The summed E-state index contributed by atoms with van der Waals surface area (Å²) in [5.41, 5.74) is 0.0968. The number of likely N-dealkylation sites (N-methyl/N-ethyl adjacent to an activating group) is 1. The van der Waals surface area contributed by atoms with E-state index in [0.717, 1.165) is 17.9 Å². The van der Waals surface area contributed by atoms with Crippen molar-refractivity contribution in [3.05, 3.63) is 30.2 Å². The number of hydrogen-bond acceptors (Lipinski definition) is 6. The number of aliphatic hydroxyl groups is 1. The minimum Gasteiger partial charge on any atom is -0.497 e. The summed E-state index contributed by atoms with van der Waals surface area (Å²) in [6.07, 6.45) is 0. The molecule has 6 nitrogen and oxygen atoms in total. The SMILES string of the molecule is CCN(Cc1nnc(-c2ccc(OC)cc2)o1)CC(C)(C)O. The Hall–Kier alpha value is -1.92. The van der Waals surface area contributed by atoms with Gasteiger partial charge in [0.2, 0.25) is 11.8 Å². The second-order valence-corrected chi connectivity index (χ2v) is 5.85. The molecular formula is C16H23N3O3. The van der Waals surface area contributed by atoms with Gasteiger partial charge in [-0.15, -0.1) is 10.2 Å². The lowest BCUT2D eigenvalue weighted by Gasteiger charge is -2.26. The smallest absolute Gasteiger partial charge is 0.247 e. The van der Waals surface area contributed by atoms with Crippen LogP contribution < -0.4 is 4.74 Å². The van der Waals surface area contributed by atoms with Crippen molar-refractivity contribution in [2.75, 3.05) is 20.2 Å². The predicted octanol–water partition coefficient (Wildman–Crippen LogP) is 2.34. The summed E-state index contributed by atoms with van der Waals surface area (Å²) >= 11 is 0. The molecule has 0 atom stereocenters. The highest BCUT2D eigenvalue weighted by molar-refractivity contribution is 5.53. The molecule has 0 bridgehead atoms. The van der Waals surface area contributed by atoms with E-state index >= 15 is 0 Å². The third kappa shape index (κ3) is 4.54. The largest absolute Gasteiger partial charge is 0.497 e. The van der Waals surface area contributed by atoms with Crippen molar-refractivity contribution in [1.82, 2.24) is 15.1 Å². The number of nitrogens with zero attached hydrogens (tertiary/aromatic N) is 3. The molecular weight excluding hydrogens is 282 g/mol. The molecule has 22 heavy (non-hydrogen) atoms. The van der Waals surface area contributed by atoms with E-state index in [1.165, 1.54) is 0 Å². The zero-order valence-electron chi connectivity index (χ0n) is 13.5. The van der Waals surface area contributed by atoms with E-state index in [9.17, 15) is 5.11 Å². The Labute approximate surface area is 130 Å². The second kappa shape index (κ2) is 6.89. The van der Waals surface area contributed by atoms with Gasteiger partial charge < -0.3 is 14.3 Å². The Morgan fingerprint density at radius 2 is 1.91 bits per heavy atom. The van der Waals surface area contributed by atoms with Gasteiger partial charge in [0.25, 0.3) is 0 Å². The third-order valence-corrected chi connectivity index (χ3v) is 3.22. The van der Waals surface area contributed by atoms with Crippen LogP contribution in [0.1, 0.15) is 26.7 Å². The maximum absolute atomic E-state index is 9.91. The van der Waals surface area contributed by atoms with Crippen molar-refractivity contribution < 1.29 is 14.3 Å². The Bertz CT molecular complexity index is 587. The van der Waals surface area contributed by atoms with Crippen LogP contribution in [0.15, 0.2) is 28.7 Å². The predicted molar refractivity (Wildman–Crippen MR) is 83.5 cm³/mol. The fraction of sp³-hybridized carbons (Fsp3) is 0.500. The zero-order chi connectivity index (χ0) is 16.2. The number of ether oxygens (including phenoxy) is 1. The van der Waals surface area contributed by atoms with Crippen LogP contribution >= 0.6 is 0 Å². The molecule has 0 saturated carbocycles. The Morgan fingerprint density at radius 3 is 2.45 bits per heavy atom. The van der Waals surface area contributed by atoms with Crippen LogP contribution in [-0.4, -0.2) is 46.0 Å². The van der Waals surface area contributed by atoms with Gasteiger partial charge in [0.1, 0.15) is 5.75 Å². The first-order valence-electron chi connectivity index (χ1n) is 7.33. The van der Waals surface area contributed by atoms with E-state index in [1.807, 2.05) is 31.2 Å². The van der Waals surface area contributed by atoms with Gasteiger partial charge >= 0.3 is 0 Å². The summed E-state index contributed by atoms with van der Waals surface area (Å²) in [6, 6.07) is 7.47. The Balaban J connectivity index is 2.06. The fourth-order valence-electron chi connectivity index (χ4n) is 2.19. The van der Waals surface area contributed by atoms with Crippen molar-refractivity contribution in [3.63, 3.8) is 0 Å². The van der Waals surface area contributed by atoms with E-state index in [2.05, 4.69) is 15.1 Å². The lowest BCUT2D eigenvalue weighted by molar-refractivity contribution is 0.0329. The molecule has 6 heteroatoms. The fourth-order valence-corrected chi connectivity index (χ4v) is 2.19. The van der Waals surface area contributed by atoms with Crippen molar-refractivity contribution in [3.8, 4) is 17.2 Å². The van der Waals surface area contributed by atoms with E-state index in [0.29, 0.717) is 24.9 Å². The number of rotatable bonds is 7. The number of hydrogen-bond donors (Lipinski definition) is 1. The molecule has 0 radical (unpaired) electrons. The molecule has 0 aliphatic rings. The third-order valence-electron chi connectivity index (χ3n) is 3.22. The van der Waals surface area contributed by atoms with Crippen LogP contribution in [0.2, 0.25) is 0 Å². The van der Waals surface area contributed by atoms with Crippen LogP contribution in [0.3, 0.4) is 0 Å². The average Bonchev–Trinajstić information content (AvgIpc) is 2.93. The van der Waals surface area contributed by atoms with Crippen molar-refractivity contribution in [2.45, 2.75) is 32.9 Å². The molecule has 120 valence electrons. The molecule has 0 unspecified atom stereocenters. The minimum absolute atomic E-state index is 0.483. The highest BCUT2D eigenvalue weighted by Gasteiger charge is 2.19. The van der Waals surface area contributed by atoms with Crippen LogP contribution in [0.5, 0.6) is 5.75 Å². The number of methoxy groups -OCH3 is 1. The highest BCUT2D eigenvalue weighted by Crippen LogP contribution is 2.21. The van der Waals surface area contributed by atoms with E-state index in [1.54, 1.807) is 21.0 Å². The minimum atomic E-state index is -0.755. The second-order valence-electron chi connectivity index (χ2n) is 5.85. The summed E-state index contributed by atoms with van der Waals surface area (Å²) in [7, 11) is 1.63. The molecule has 0 aliphatic heterocycles. The molecule has 0 amide bonds. The summed E-state index contributed by atoms with van der Waals surface area (Å²) in [5.74, 6) is 1.81. The molecule has 2 rings (SSSR count). The number of aromatic nitrogens is 2. The monoisotopic (exact) mass is 305 g/mol. The van der Waals surface area contributed by atoms with Gasteiger partial charge in [-0.3, -0.25) is 4.90 Å². The van der Waals surface area contributed by atoms with Crippen LogP contribution in [0, 0.1) is 0 Å². The first kappa shape index (κ1) is 16.5. The molecule has 0 fully saturated rings. The summed E-state index contributed by atoms with van der Waals surface area (Å²) in [6.45, 7) is 7.46. The zero-order valence-corrected chi connectivity index (χ0v) is 13.5. The topological polar surface area (TPSA) is 71.6 Å². The van der Waals surface area contributed by atoms with Crippen LogP contribution in [-0.2, 0) is 6.54 Å². The van der Waals surface area contributed by atoms with Crippen molar-refractivity contribution >= 4 is 0 Å². The molecule has 1 aromatic heterocycles. The summed E-state index contributed by atoms with van der Waals surface area (Å²) in [5, 5.41) is 18.1. The Kier molecular flexibility index (Phi) is 5.15. The van der Waals surface area contributed by atoms with E-state index < -0.39 is 5.60 Å². The molecule has 0 saturated heterocycles.